The Labute approximate surface area is 196 Å². The van der Waals surface area contributed by atoms with Gasteiger partial charge in [-0.1, -0.05) is 36.4 Å². The molecule has 1 aromatic heterocycles. The number of nitriles is 1. The number of rotatable bonds is 4. The summed E-state index contributed by atoms with van der Waals surface area (Å²) in [6, 6.07) is 19.1. The SMILES string of the molecule is Cn1c(=O)cc(N2CCC[C@@H](N)C2)n(Cc2ccccc2C#N)c1=O.O=C(O)c1ccccc1. The van der Waals surface area contributed by atoms with Gasteiger partial charge in [0.25, 0.3) is 5.56 Å². The van der Waals surface area contributed by atoms with Crippen LogP contribution in [0.3, 0.4) is 0 Å². The van der Waals surface area contributed by atoms with Gasteiger partial charge in [-0.25, -0.2) is 9.59 Å². The molecule has 0 unspecified atom stereocenters. The molecule has 1 aliphatic rings. The second-order valence-electron chi connectivity index (χ2n) is 8.06. The Morgan fingerprint density at radius 2 is 1.82 bits per heavy atom. The molecular weight excluding hydrogens is 434 g/mol. The second-order valence-corrected chi connectivity index (χ2v) is 8.06. The lowest BCUT2D eigenvalue weighted by molar-refractivity contribution is 0.0697. The number of piperidine rings is 1. The largest absolute Gasteiger partial charge is 0.478 e. The highest BCUT2D eigenvalue weighted by molar-refractivity contribution is 5.87. The van der Waals surface area contributed by atoms with Crippen LogP contribution in [0.5, 0.6) is 0 Å². The lowest BCUT2D eigenvalue weighted by Gasteiger charge is -2.34. The van der Waals surface area contributed by atoms with E-state index in [-0.39, 0.29) is 18.1 Å². The first-order valence-corrected chi connectivity index (χ1v) is 10.9. The number of carboxylic acids is 1. The molecule has 0 amide bonds. The molecule has 3 N–H and O–H groups in total. The molecule has 4 rings (SSSR count). The van der Waals surface area contributed by atoms with E-state index in [1.165, 1.54) is 13.1 Å². The Kier molecular flexibility index (Phi) is 8.01. The lowest BCUT2D eigenvalue weighted by Crippen LogP contribution is -2.47. The molecule has 2 heterocycles. The van der Waals surface area contributed by atoms with Gasteiger partial charge in [-0.3, -0.25) is 13.9 Å². The topological polar surface area (TPSA) is 134 Å². The van der Waals surface area contributed by atoms with Gasteiger partial charge in [-0.2, -0.15) is 5.26 Å². The van der Waals surface area contributed by atoms with Crippen LogP contribution in [-0.2, 0) is 13.6 Å². The number of hydrogen-bond donors (Lipinski definition) is 2. The molecule has 9 heteroatoms. The first-order valence-electron chi connectivity index (χ1n) is 10.9. The molecule has 9 nitrogen and oxygen atoms in total. The summed E-state index contributed by atoms with van der Waals surface area (Å²) >= 11 is 0. The van der Waals surface area contributed by atoms with E-state index < -0.39 is 11.7 Å². The van der Waals surface area contributed by atoms with Crippen molar-refractivity contribution in [3.8, 4) is 6.07 Å². The normalized spacial score (nSPS) is 15.1. The summed E-state index contributed by atoms with van der Waals surface area (Å²) in [4.78, 5) is 37.1. The molecule has 1 saturated heterocycles. The van der Waals surface area contributed by atoms with E-state index in [1.54, 1.807) is 47.0 Å². The Morgan fingerprint density at radius 1 is 1.15 bits per heavy atom. The maximum Gasteiger partial charge on any atom is 0.335 e. The van der Waals surface area contributed by atoms with E-state index in [2.05, 4.69) is 6.07 Å². The van der Waals surface area contributed by atoms with Crippen LogP contribution in [0.15, 0.2) is 70.3 Å². The third kappa shape index (κ3) is 5.79. The molecule has 2 aromatic carbocycles. The van der Waals surface area contributed by atoms with Crippen molar-refractivity contribution >= 4 is 11.8 Å². The summed E-state index contributed by atoms with van der Waals surface area (Å²) in [6.07, 6.45) is 1.85. The van der Waals surface area contributed by atoms with Crippen molar-refractivity contribution in [2.75, 3.05) is 18.0 Å². The zero-order valence-corrected chi connectivity index (χ0v) is 18.9. The van der Waals surface area contributed by atoms with E-state index in [0.29, 0.717) is 23.5 Å². The van der Waals surface area contributed by atoms with E-state index >= 15 is 0 Å². The molecule has 176 valence electrons. The number of carboxylic acid groups (broad SMARTS) is 1. The predicted octanol–water partition coefficient (Wildman–Crippen LogP) is 1.78. The fraction of sp³-hybridized carbons (Fsp3) is 0.280. The summed E-state index contributed by atoms with van der Waals surface area (Å²) < 4.78 is 2.64. The molecular formula is C25H27N5O4. The standard InChI is InChI=1S/C18H21N5O2.C7H6O2/c1-21-17(24)9-16(22-8-4-7-15(20)12-22)23(18(21)25)11-14-6-3-2-5-13(14)10-19;8-7(9)6-4-2-1-3-5-6/h2-3,5-6,9,15H,4,7-8,11-12,20H2,1H3;1-5H,(H,8,9)/t15-;/m1./s1. The van der Waals surface area contributed by atoms with Crippen molar-refractivity contribution in [3.63, 3.8) is 0 Å². The number of aromatic nitrogens is 2. The first-order chi connectivity index (χ1) is 16.3. The fourth-order valence-corrected chi connectivity index (χ4v) is 3.81. The number of nitrogens with zero attached hydrogens (tertiary/aromatic N) is 4. The first kappa shape index (κ1) is 24.5. The Bertz CT molecular complexity index is 1310. The number of aromatic carboxylic acids is 1. The highest BCUT2D eigenvalue weighted by Crippen LogP contribution is 2.19. The van der Waals surface area contributed by atoms with Gasteiger partial charge in [0, 0.05) is 32.2 Å². The average Bonchev–Trinajstić information content (AvgIpc) is 2.85. The minimum absolute atomic E-state index is 0.0211. The fourth-order valence-electron chi connectivity index (χ4n) is 3.81. The van der Waals surface area contributed by atoms with Gasteiger partial charge in [-0.15, -0.1) is 0 Å². The Morgan fingerprint density at radius 3 is 2.44 bits per heavy atom. The van der Waals surface area contributed by atoms with Crippen LogP contribution in [0.1, 0.15) is 34.3 Å². The molecule has 1 atom stereocenters. The zero-order chi connectivity index (χ0) is 24.7. The summed E-state index contributed by atoms with van der Waals surface area (Å²) in [5, 5.41) is 17.7. The van der Waals surface area contributed by atoms with Crippen LogP contribution >= 0.6 is 0 Å². The van der Waals surface area contributed by atoms with Gasteiger partial charge in [0.05, 0.1) is 23.7 Å². The van der Waals surface area contributed by atoms with Crippen molar-refractivity contribution in [1.82, 2.24) is 9.13 Å². The van der Waals surface area contributed by atoms with Crippen molar-refractivity contribution in [2.24, 2.45) is 12.8 Å². The molecule has 0 bridgehead atoms. The zero-order valence-electron chi connectivity index (χ0n) is 18.9. The molecule has 34 heavy (non-hydrogen) atoms. The lowest BCUT2D eigenvalue weighted by atomic mass is 10.1. The van der Waals surface area contributed by atoms with Gasteiger partial charge >= 0.3 is 11.7 Å². The molecule has 1 fully saturated rings. The van der Waals surface area contributed by atoms with E-state index in [1.807, 2.05) is 17.0 Å². The van der Waals surface area contributed by atoms with Crippen molar-refractivity contribution < 1.29 is 9.90 Å². The average molecular weight is 462 g/mol. The highest BCUT2D eigenvalue weighted by atomic mass is 16.4. The molecule has 0 radical (unpaired) electrons. The summed E-state index contributed by atoms with van der Waals surface area (Å²) in [5.74, 6) is -0.313. The van der Waals surface area contributed by atoms with Crippen LogP contribution in [0.2, 0.25) is 0 Å². The third-order valence-corrected chi connectivity index (χ3v) is 5.65. The Balaban J connectivity index is 0.000000302. The maximum absolute atomic E-state index is 12.7. The number of hydrogen-bond acceptors (Lipinski definition) is 6. The Hall–Kier alpha value is -4.16. The van der Waals surface area contributed by atoms with Gasteiger partial charge in [0.15, 0.2) is 0 Å². The van der Waals surface area contributed by atoms with Crippen molar-refractivity contribution in [2.45, 2.75) is 25.4 Å². The van der Waals surface area contributed by atoms with Crippen LogP contribution in [0.25, 0.3) is 0 Å². The molecule has 0 saturated carbocycles. The number of anilines is 1. The van der Waals surface area contributed by atoms with Crippen LogP contribution in [0.4, 0.5) is 5.82 Å². The summed E-state index contributed by atoms with van der Waals surface area (Å²) in [6.45, 7) is 1.59. The number of nitrogens with two attached hydrogens (primary N) is 1. The number of carbonyl (C=O) groups is 1. The van der Waals surface area contributed by atoms with Crippen molar-refractivity contribution in [1.29, 1.82) is 5.26 Å². The minimum Gasteiger partial charge on any atom is -0.478 e. The van der Waals surface area contributed by atoms with E-state index in [0.717, 1.165) is 29.5 Å². The van der Waals surface area contributed by atoms with Gasteiger partial charge in [0.1, 0.15) is 5.82 Å². The van der Waals surface area contributed by atoms with Crippen molar-refractivity contribution in [3.05, 3.63) is 98.2 Å². The van der Waals surface area contributed by atoms with E-state index in [4.69, 9.17) is 10.8 Å². The predicted molar refractivity (Wildman–Crippen MR) is 129 cm³/mol. The monoisotopic (exact) mass is 461 g/mol. The van der Waals surface area contributed by atoms with Crippen LogP contribution in [-0.4, -0.2) is 39.3 Å². The number of benzene rings is 2. The highest BCUT2D eigenvalue weighted by Gasteiger charge is 2.22. The van der Waals surface area contributed by atoms with Gasteiger partial charge < -0.3 is 15.7 Å². The summed E-state index contributed by atoms with van der Waals surface area (Å²) in [7, 11) is 1.46. The quantitative estimate of drug-likeness (QED) is 0.605. The van der Waals surface area contributed by atoms with Crippen LogP contribution < -0.4 is 21.9 Å². The van der Waals surface area contributed by atoms with E-state index in [9.17, 15) is 19.6 Å². The van der Waals surface area contributed by atoms with Crippen LogP contribution in [0, 0.1) is 11.3 Å². The molecule has 0 spiro atoms. The minimum atomic E-state index is -0.879. The second kappa shape index (κ2) is 11.1. The molecule has 1 aliphatic heterocycles. The van der Waals surface area contributed by atoms with Gasteiger partial charge in [-0.05, 0) is 36.6 Å². The molecule has 3 aromatic rings. The molecule has 0 aliphatic carbocycles. The summed E-state index contributed by atoms with van der Waals surface area (Å²) in [5.41, 5.74) is 6.92. The van der Waals surface area contributed by atoms with Gasteiger partial charge in [0.2, 0.25) is 0 Å². The smallest absolute Gasteiger partial charge is 0.335 e. The maximum atomic E-state index is 12.7. The third-order valence-electron chi connectivity index (χ3n) is 5.65.